The van der Waals surface area contributed by atoms with Crippen molar-refractivity contribution < 1.29 is 9.53 Å². The predicted octanol–water partition coefficient (Wildman–Crippen LogP) is 1.30. The Morgan fingerprint density at radius 2 is 2.11 bits per heavy atom. The number of nitrogens with one attached hydrogen (secondary N) is 1. The number of rotatable bonds is 5. The van der Waals surface area contributed by atoms with Gasteiger partial charge in [-0.05, 0) is 45.1 Å². The van der Waals surface area contributed by atoms with Gasteiger partial charge in [0.15, 0.2) is 0 Å². The van der Waals surface area contributed by atoms with Crippen LogP contribution in [0.1, 0.15) is 44.9 Å². The summed E-state index contributed by atoms with van der Waals surface area (Å²) in [5, 5.41) is 3.49. The maximum atomic E-state index is 12.4. The standard InChI is InChI=1S/C14H24N2O2/c17-14(9-13-4-2-8-18-13)16(12-5-6-12)10-11-3-1-7-15-11/h11-13,15H,1-10H2. The van der Waals surface area contributed by atoms with Crippen molar-refractivity contribution in [1.82, 2.24) is 10.2 Å². The first-order valence-electron chi connectivity index (χ1n) is 7.47. The highest BCUT2D eigenvalue weighted by Crippen LogP contribution is 2.29. The van der Waals surface area contributed by atoms with E-state index in [1.165, 1.54) is 25.7 Å². The molecule has 0 radical (unpaired) electrons. The highest BCUT2D eigenvalue weighted by atomic mass is 16.5. The Morgan fingerprint density at radius 3 is 2.72 bits per heavy atom. The lowest BCUT2D eigenvalue weighted by atomic mass is 10.1. The van der Waals surface area contributed by atoms with Gasteiger partial charge < -0.3 is 15.0 Å². The van der Waals surface area contributed by atoms with E-state index in [1.54, 1.807) is 0 Å². The normalized spacial score (nSPS) is 31.8. The molecule has 0 aromatic rings. The Labute approximate surface area is 109 Å². The number of hydrogen-bond acceptors (Lipinski definition) is 3. The number of hydrogen-bond donors (Lipinski definition) is 1. The molecule has 102 valence electrons. The van der Waals surface area contributed by atoms with Crippen molar-refractivity contribution in [3.8, 4) is 0 Å². The molecule has 0 aromatic carbocycles. The van der Waals surface area contributed by atoms with Crippen molar-refractivity contribution in [1.29, 1.82) is 0 Å². The summed E-state index contributed by atoms with van der Waals surface area (Å²) in [7, 11) is 0. The Kier molecular flexibility index (Phi) is 3.85. The van der Waals surface area contributed by atoms with E-state index in [9.17, 15) is 4.79 Å². The van der Waals surface area contributed by atoms with E-state index in [4.69, 9.17) is 4.74 Å². The third-order valence-corrected chi connectivity index (χ3v) is 4.31. The number of nitrogens with zero attached hydrogens (tertiary/aromatic N) is 1. The number of amides is 1. The minimum Gasteiger partial charge on any atom is -0.378 e. The largest absolute Gasteiger partial charge is 0.378 e. The molecule has 2 atom stereocenters. The van der Waals surface area contributed by atoms with Crippen LogP contribution in [0.5, 0.6) is 0 Å². The second kappa shape index (κ2) is 5.57. The van der Waals surface area contributed by atoms with E-state index < -0.39 is 0 Å². The first-order chi connectivity index (χ1) is 8.83. The van der Waals surface area contributed by atoms with Gasteiger partial charge in [0.25, 0.3) is 0 Å². The Morgan fingerprint density at radius 1 is 1.22 bits per heavy atom. The third kappa shape index (κ3) is 3.04. The molecule has 3 rings (SSSR count). The van der Waals surface area contributed by atoms with Crippen LogP contribution in [-0.4, -0.2) is 48.7 Å². The molecule has 1 N–H and O–H groups in total. The monoisotopic (exact) mass is 252 g/mol. The number of carbonyl (C=O) groups excluding carboxylic acids is 1. The van der Waals surface area contributed by atoms with Crippen LogP contribution in [0.4, 0.5) is 0 Å². The van der Waals surface area contributed by atoms with Crippen molar-refractivity contribution in [2.45, 2.75) is 63.1 Å². The third-order valence-electron chi connectivity index (χ3n) is 4.31. The van der Waals surface area contributed by atoms with Gasteiger partial charge in [0.1, 0.15) is 0 Å². The molecule has 0 aromatic heterocycles. The zero-order chi connectivity index (χ0) is 12.4. The molecule has 4 nitrogen and oxygen atoms in total. The molecular formula is C14H24N2O2. The molecule has 0 spiro atoms. The maximum absolute atomic E-state index is 12.4. The van der Waals surface area contributed by atoms with Gasteiger partial charge in [-0.2, -0.15) is 0 Å². The average Bonchev–Trinajstić information content (AvgIpc) is 2.87. The predicted molar refractivity (Wildman–Crippen MR) is 69.4 cm³/mol. The van der Waals surface area contributed by atoms with E-state index in [2.05, 4.69) is 10.2 Å². The zero-order valence-electron chi connectivity index (χ0n) is 11.1. The van der Waals surface area contributed by atoms with Crippen molar-refractivity contribution >= 4 is 5.91 Å². The van der Waals surface area contributed by atoms with Gasteiger partial charge in [-0.25, -0.2) is 0 Å². The Bertz CT molecular complexity index is 292. The minimum absolute atomic E-state index is 0.190. The second-order valence-corrected chi connectivity index (χ2v) is 5.91. The van der Waals surface area contributed by atoms with Crippen LogP contribution in [0.25, 0.3) is 0 Å². The smallest absolute Gasteiger partial charge is 0.225 e. The summed E-state index contributed by atoms with van der Waals surface area (Å²) < 4.78 is 5.58. The van der Waals surface area contributed by atoms with E-state index >= 15 is 0 Å². The van der Waals surface area contributed by atoms with Crippen LogP contribution in [0.3, 0.4) is 0 Å². The van der Waals surface area contributed by atoms with Gasteiger partial charge >= 0.3 is 0 Å². The molecule has 1 amide bonds. The van der Waals surface area contributed by atoms with Crippen LogP contribution in [0, 0.1) is 0 Å². The summed E-state index contributed by atoms with van der Waals surface area (Å²) in [5.41, 5.74) is 0. The van der Waals surface area contributed by atoms with Crippen molar-refractivity contribution in [2.75, 3.05) is 19.7 Å². The molecule has 1 saturated carbocycles. The molecule has 3 aliphatic rings. The molecule has 2 unspecified atom stereocenters. The quantitative estimate of drug-likeness (QED) is 0.802. The lowest BCUT2D eigenvalue weighted by Gasteiger charge is -2.27. The van der Waals surface area contributed by atoms with E-state index in [1.807, 2.05) is 0 Å². The minimum atomic E-state index is 0.190. The summed E-state index contributed by atoms with van der Waals surface area (Å²) in [6.45, 7) is 2.87. The van der Waals surface area contributed by atoms with Crippen LogP contribution in [0.15, 0.2) is 0 Å². The number of ether oxygens (including phenoxy) is 1. The molecule has 2 aliphatic heterocycles. The van der Waals surface area contributed by atoms with Crippen molar-refractivity contribution in [3.63, 3.8) is 0 Å². The molecule has 2 heterocycles. The zero-order valence-corrected chi connectivity index (χ0v) is 11.1. The van der Waals surface area contributed by atoms with Gasteiger partial charge in [0.05, 0.1) is 12.5 Å². The maximum Gasteiger partial charge on any atom is 0.225 e. The first-order valence-corrected chi connectivity index (χ1v) is 7.47. The summed E-state index contributed by atoms with van der Waals surface area (Å²) in [4.78, 5) is 14.5. The van der Waals surface area contributed by atoms with Gasteiger partial charge in [0.2, 0.25) is 5.91 Å². The summed E-state index contributed by atoms with van der Waals surface area (Å²) in [6, 6.07) is 1.06. The summed E-state index contributed by atoms with van der Waals surface area (Å²) in [5.74, 6) is 0.318. The SMILES string of the molecule is O=C(CC1CCCO1)N(CC1CCCN1)C1CC1. The average molecular weight is 252 g/mol. The molecule has 4 heteroatoms. The topological polar surface area (TPSA) is 41.6 Å². The summed E-state index contributed by atoms with van der Waals surface area (Å²) in [6.07, 6.45) is 7.84. The van der Waals surface area contributed by atoms with Crippen LogP contribution < -0.4 is 5.32 Å². The molecule has 0 bridgehead atoms. The van der Waals surface area contributed by atoms with Gasteiger partial charge in [-0.3, -0.25) is 4.79 Å². The first kappa shape index (κ1) is 12.4. The van der Waals surface area contributed by atoms with Gasteiger partial charge in [-0.1, -0.05) is 0 Å². The lowest BCUT2D eigenvalue weighted by molar-refractivity contribution is -0.134. The molecule has 2 saturated heterocycles. The van der Waals surface area contributed by atoms with E-state index in [0.717, 1.165) is 32.5 Å². The number of carbonyl (C=O) groups is 1. The second-order valence-electron chi connectivity index (χ2n) is 5.91. The van der Waals surface area contributed by atoms with Crippen molar-refractivity contribution in [2.24, 2.45) is 0 Å². The fourth-order valence-electron chi connectivity index (χ4n) is 3.11. The van der Waals surface area contributed by atoms with E-state index in [0.29, 0.717) is 24.4 Å². The van der Waals surface area contributed by atoms with E-state index in [-0.39, 0.29) is 6.10 Å². The highest BCUT2D eigenvalue weighted by molar-refractivity contribution is 5.77. The molecule has 3 fully saturated rings. The van der Waals surface area contributed by atoms with Gasteiger partial charge in [0, 0.05) is 25.2 Å². The molecule has 18 heavy (non-hydrogen) atoms. The fourth-order valence-corrected chi connectivity index (χ4v) is 3.11. The molecular weight excluding hydrogens is 228 g/mol. The summed E-state index contributed by atoms with van der Waals surface area (Å²) >= 11 is 0. The highest BCUT2D eigenvalue weighted by Gasteiger charge is 2.35. The van der Waals surface area contributed by atoms with Gasteiger partial charge in [-0.15, -0.1) is 0 Å². The molecule has 1 aliphatic carbocycles. The van der Waals surface area contributed by atoms with Crippen LogP contribution in [-0.2, 0) is 9.53 Å². The van der Waals surface area contributed by atoms with Crippen molar-refractivity contribution in [3.05, 3.63) is 0 Å². The fraction of sp³-hybridized carbons (Fsp3) is 0.929. The Balaban J connectivity index is 1.52. The van der Waals surface area contributed by atoms with Crippen LogP contribution >= 0.6 is 0 Å². The Hall–Kier alpha value is -0.610. The van der Waals surface area contributed by atoms with Crippen LogP contribution in [0.2, 0.25) is 0 Å². The lowest BCUT2D eigenvalue weighted by Crippen LogP contribution is -2.43.